The first-order valence-electron chi connectivity index (χ1n) is 7.12. The summed E-state index contributed by atoms with van der Waals surface area (Å²) in [7, 11) is 1.87. The van der Waals surface area contributed by atoms with Gasteiger partial charge in [-0.1, -0.05) is 13.8 Å². The molecule has 0 saturated carbocycles. The number of nitrogens with one attached hydrogen (secondary N) is 1. The van der Waals surface area contributed by atoms with E-state index in [4.69, 9.17) is 0 Å². The molecule has 1 amide bonds. The van der Waals surface area contributed by atoms with Gasteiger partial charge in [-0.2, -0.15) is 0 Å². The molecule has 0 radical (unpaired) electrons. The summed E-state index contributed by atoms with van der Waals surface area (Å²) in [6, 6.07) is 6.15. The lowest BCUT2D eigenvalue weighted by Gasteiger charge is -2.24. The van der Waals surface area contributed by atoms with E-state index in [1.807, 2.05) is 37.1 Å². The van der Waals surface area contributed by atoms with Crippen LogP contribution in [0.2, 0.25) is 0 Å². The quantitative estimate of drug-likeness (QED) is 0.848. The van der Waals surface area contributed by atoms with E-state index in [9.17, 15) is 4.79 Å². The highest BCUT2D eigenvalue weighted by Crippen LogP contribution is 2.18. The van der Waals surface area contributed by atoms with E-state index in [0.717, 1.165) is 36.2 Å². The second kappa shape index (κ2) is 7.17. The average molecular weight is 262 g/mol. The molecule has 1 aromatic carbocycles. The molecule has 0 aliphatic heterocycles. The molecule has 1 N–H and O–H groups in total. The van der Waals surface area contributed by atoms with Gasteiger partial charge in [-0.15, -0.1) is 0 Å². The molecule has 1 unspecified atom stereocenters. The van der Waals surface area contributed by atoms with Crippen molar-refractivity contribution in [3.63, 3.8) is 0 Å². The molecule has 0 saturated heterocycles. The summed E-state index contributed by atoms with van der Waals surface area (Å²) in [5.41, 5.74) is 3.00. The minimum atomic E-state index is 0.0968. The van der Waals surface area contributed by atoms with Crippen molar-refractivity contribution in [2.75, 3.05) is 18.9 Å². The molecular weight excluding hydrogens is 236 g/mol. The first-order valence-corrected chi connectivity index (χ1v) is 7.12. The van der Waals surface area contributed by atoms with Crippen LogP contribution in [0.15, 0.2) is 18.2 Å². The Bertz CT molecular complexity index is 429. The van der Waals surface area contributed by atoms with E-state index in [2.05, 4.69) is 26.1 Å². The van der Waals surface area contributed by atoms with Crippen LogP contribution in [-0.4, -0.2) is 30.4 Å². The third kappa shape index (κ3) is 3.98. The number of carbonyl (C=O) groups is 1. The van der Waals surface area contributed by atoms with Crippen molar-refractivity contribution >= 4 is 11.6 Å². The molecule has 3 heteroatoms. The predicted molar refractivity (Wildman–Crippen MR) is 81.8 cm³/mol. The number of nitrogens with zero attached hydrogens (tertiary/aromatic N) is 1. The smallest absolute Gasteiger partial charge is 0.253 e. The van der Waals surface area contributed by atoms with E-state index < -0.39 is 0 Å². The largest absolute Gasteiger partial charge is 0.385 e. The maximum Gasteiger partial charge on any atom is 0.253 e. The number of carbonyl (C=O) groups excluding carboxylic acids is 1. The minimum absolute atomic E-state index is 0.0968. The van der Waals surface area contributed by atoms with Gasteiger partial charge < -0.3 is 10.2 Å². The molecule has 106 valence electrons. The Balaban J connectivity index is 2.85. The number of aryl methyl sites for hydroxylation is 1. The van der Waals surface area contributed by atoms with E-state index in [-0.39, 0.29) is 11.9 Å². The van der Waals surface area contributed by atoms with E-state index >= 15 is 0 Å². The molecule has 0 fully saturated rings. The van der Waals surface area contributed by atoms with Gasteiger partial charge in [0, 0.05) is 30.9 Å². The van der Waals surface area contributed by atoms with Crippen molar-refractivity contribution in [3.05, 3.63) is 29.3 Å². The topological polar surface area (TPSA) is 32.3 Å². The van der Waals surface area contributed by atoms with Crippen LogP contribution >= 0.6 is 0 Å². The SMILES string of the molecule is CCCNc1ccc(C(=O)N(C)C(C)CC)cc1C. The third-order valence-electron chi connectivity index (χ3n) is 3.61. The summed E-state index contributed by atoms with van der Waals surface area (Å²) in [5.74, 6) is 0.0968. The Morgan fingerprint density at radius 2 is 2.05 bits per heavy atom. The van der Waals surface area contributed by atoms with Gasteiger partial charge >= 0.3 is 0 Å². The molecule has 0 aliphatic rings. The van der Waals surface area contributed by atoms with Crippen LogP contribution in [0.25, 0.3) is 0 Å². The highest BCUT2D eigenvalue weighted by atomic mass is 16.2. The number of hydrogen-bond donors (Lipinski definition) is 1. The first-order chi connectivity index (χ1) is 9.01. The van der Waals surface area contributed by atoms with Crippen LogP contribution in [0.3, 0.4) is 0 Å². The lowest BCUT2D eigenvalue weighted by atomic mass is 10.1. The fourth-order valence-electron chi connectivity index (χ4n) is 1.93. The lowest BCUT2D eigenvalue weighted by molar-refractivity contribution is 0.0740. The van der Waals surface area contributed by atoms with Crippen molar-refractivity contribution < 1.29 is 4.79 Å². The summed E-state index contributed by atoms with van der Waals surface area (Å²) in [5, 5.41) is 3.37. The van der Waals surface area contributed by atoms with Crippen LogP contribution in [0.5, 0.6) is 0 Å². The molecule has 3 nitrogen and oxygen atoms in total. The van der Waals surface area contributed by atoms with Gasteiger partial charge in [-0.05, 0) is 50.5 Å². The Kier molecular flexibility index (Phi) is 5.87. The minimum Gasteiger partial charge on any atom is -0.385 e. The molecule has 1 rings (SSSR count). The number of benzene rings is 1. The predicted octanol–water partition coefficient (Wildman–Crippen LogP) is 3.69. The van der Waals surface area contributed by atoms with Crippen molar-refractivity contribution in [1.82, 2.24) is 4.90 Å². The Morgan fingerprint density at radius 3 is 2.58 bits per heavy atom. The summed E-state index contributed by atoms with van der Waals surface area (Å²) in [4.78, 5) is 14.1. The van der Waals surface area contributed by atoms with Crippen LogP contribution in [0.1, 0.15) is 49.5 Å². The highest BCUT2D eigenvalue weighted by Gasteiger charge is 2.16. The van der Waals surface area contributed by atoms with Crippen LogP contribution in [-0.2, 0) is 0 Å². The average Bonchev–Trinajstić information content (AvgIpc) is 2.43. The maximum atomic E-state index is 12.3. The van der Waals surface area contributed by atoms with Gasteiger partial charge in [-0.3, -0.25) is 4.79 Å². The molecular formula is C16H26N2O. The van der Waals surface area contributed by atoms with Gasteiger partial charge in [0.2, 0.25) is 0 Å². The molecule has 19 heavy (non-hydrogen) atoms. The first kappa shape index (κ1) is 15.5. The third-order valence-corrected chi connectivity index (χ3v) is 3.61. The Morgan fingerprint density at radius 1 is 1.37 bits per heavy atom. The van der Waals surface area contributed by atoms with Gasteiger partial charge in [0.05, 0.1) is 0 Å². The zero-order valence-electron chi connectivity index (χ0n) is 12.8. The monoisotopic (exact) mass is 262 g/mol. The van der Waals surface area contributed by atoms with Crippen LogP contribution in [0.4, 0.5) is 5.69 Å². The zero-order valence-corrected chi connectivity index (χ0v) is 12.8. The van der Waals surface area contributed by atoms with Gasteiger partial charge in [0.15, 0.2) is 0 Å². The van der Waals surface area contributed by atoms with Gasteiger partial charge in [0.1, 0.15) is 0 Å². The highest BCUT2D eigenvalue weighted by molar-refractivity contribution is 5.95. The van der Waals surface area contributed by atoms with Crippen molar-refractivity contribution in [1.29, 1.82) is 0 Å². The van der Waals surface area contributed by atoms with Crippen LogP contribution < -0.4 is 5.32 Å². The second-order valence-electron chi connectivity index (χ2n) is 5.13. The summed E-state index contributed by atoms with van der Waals surface area (Å²) >= 11 is 0. The standard InChI is InChI=1S/C16H26N2O/c1-6-10-17-15-9-8-14(11-12(15)3)16(19)18(5)13(4)7-2/h8-9,11,13,17H,6-7,10H2,1-5H3. The van der Waals surface area contributed by atoms with Crippen molar-refractivity contribution in [3.8, 4) is 0 Å². The fraction of sp³-hybridized carbons (Fsp3) is 0.562. The van der Waals surface area contributed by atoms with E-state index in [1.165, 1.54) is 0 Å². The van der Waals surface area contributed by atoms with E-state index in [1.54, 1.807) is 0 Å². The molecule has 0 bridgehead atoms. The van der Waals surface area contributed by atoms with Crippen molar-refractivity contribution in [2.45, 2.75) is 46.6 Å². The summed E-state index contributed by atoms with van der Waals surface area (Å²) in [6.45, 7) is 9.31. The zero-order chi connectivity index (χ0) is 14.4. The number of amides is 1. The number of hydrogen-bond acceptors (Lipinski definition) is 2. The molecule has 0 aliphatic carbocycles. The maximum absolute atomic E-state index is 12.3. The molecule has 1 atom stereocenters. The Hall–Kier alpha value is -1.51. The molecule has 0 heterocycles. The van der Waals surface area contributed by atoms with Gasteiger partial charge in [-0.25, -0.2) is 0 Å². The van der Waals surface area contributed by atoms with Crippen LogP contribution in [0, 0.1) is 6.92 Å². The normalized spacial score (nSPS) is 12.1. The lowest BCUT2D eigenvalue weighted by Crippen LogP contribution is -2.34. The fourth-order valence-corrected chi connectivity index (χ4v) is 1.93. The Labute approximate surface area is 117 Å². The summed E-state index contributed by atoms with van der Waals surface area (Å²) < 4.78 is 0. The summed E-state index contributed by atoms with van der Waals surface area (Å²) in [6.07, 6.45) is 2.06. The molecule has 0 aromatic heterocycles. The molecule has 0 spiro atoms. The number of rotatable bonds is 6. The number of anilines is 1. The van der Waals surface area contributed by atoms with E-state index in [0.29, 0.717) is 0 Å². The molecule has 1 aromatic rings. The second-order valence-corrected chi connectivity index (χ2v) is 5.13. The van der Waals surface area contributed by atoms with Gasteiger partial charge in [0.25, 0.3) is 5.91 Å². The van der Waals surface area contributed by atoms with Crippen molar-refractivity contribution in [2.24, 2.45) is 0 Å².